The van der Waals surface area contributed by atoms with Crippen molar-refractivity contribution in [2.24, 2.45) is 0 Å². The summed E-state index contributed by atoms with van der Waals surface area (Å²) in [7, 11) is 0. The zero-order valence-electron chi connectivity index (χ0n) is 42.5. The van der Waals surface area contributed by atoms with Crippen LogP contribution >= 0.6 is 0 Å². The van der Waals surface area contributed by atoms with E-state index in [2.05, 4.69) is 93.7 Å². The van der Waals surface area contributed by atoms with Crippen LogP contribution in [0.25, 0.3) is 0 Å². The maximum absolute atomic E-state index is 12.8. The van der Waals surface area contributed by atoms with Crippen LogP contribution in [0.15, 0.2) is 72.9 Å². The van der Waals surface area contributed by atoms with Crippen LogP contribution in [-0.4, -0.2) is 37.9 Å². The molecule has 0 aliphatic rings. The molecule has 0 saturated carbocycles. The molecule has 64 heavy (non-hydrogen) atoms. The Hall–Kier alpha value is -2.66. The summed E-state index contributed by atoms with van der Waals surface area (Å²) < 4.78 is 17.4. The van der Waals surface area contributed by atoms with Crippen LogP contribution in [0, 0.1) is 0 Å². The van der Waals surface area contributed by atoms with Crippen LogP contribution in [0.5, 0.6) is 0 Å². The van der Waals surface area contributed by atoms with Crippen LogP contribution in [-0.2, 0) is 23.8 Å². The third-order valence-corrected chi connectivity index (χ3v) is 11.7. The molecule has 0 saturated heterocycles. The second-order valence-electron chi connectivity index (χ2n) is 18.1. The third-order valence-electron chi connectivity index (χ3n) is 11.7. The largest absolute Gasteiger partial charge is 0.462 e. The lowest BCUT2D eigenvalue weighted by molar-refractivity contribution is -0.163. The van der Waals surface area contributed by atoms with Gasteiger partial charge in [0.25, 0.3) is 0 Å². The first-order valence-corrected chi connectivity index (χ1v) is 27.5. The predicted octanol–water partition coefficient (Wildman–Crippen LogP) is 18.7. The van der Waals surface area contributed by atoms with Gasteiger partial charge >= 0.3 is 11.9 Å². The predicted molar refractivity (Wildman–Crippen MR) is 279 cm³/mol. The average molecular weight is 893 g/mol. The number of rotatable bonds is 50. The minimum Gasteiger partial charge on any atom is -0.462 e. The first-order valence-electron chi connectivity index (χ1n) is 27.5. The Balaban J connectivity index is 4.29. The Bertz CT molecular complexity index is 1150. The molecule has 0 aliphatic heterocycles. The second-order valence-corrected chi connectivity index (χ2v) is 18.1. The van der Waals surface area contributed by atoms with Crippen molar-refractivity contribution in [1.82, 2.24) is 0 Å². The fourth-order valence-corrected chi connectivity index (χ4v) is 7.66. The lowest BCUT2D eigenvalue weighted by Gasteiger charge is -2.18. The normalized spacial score (nSPS) is 12.7. The number of esters is 2. The van der Waals surface area contributed by atoms with E-state index < -0.39 is 6.10 Å². The van der Waals surface area contributed by atoms with Gasteiger partial charge in [0.15, 0.2) is 6.10 Å². The third kappa shape index (κ3) is 52.0. The lowest BCUT2D eigenvalue weighted by Crippen LogP contribution is -2.30. The molecule has 0 aromatic carbocycles. The van der Waals surface area contributed by atoms with Crippen LogP contribution in [0.2, 0.25) is 0 Å². The van der Waals surface area contributed by atoms with Gasteiger partial charge in [-0.1, -0.05) is 241 Å². The molecule has 0 amide bonds. The van der Waals surface area contributed by atoms with Gasteiger partial charge in [-0.05, 0) is 83.5 Å². The fraction of sp³-hybridized carbons (Fsp3) is 0.763. The first-order chi connectivity index (χ1) is 31.6. The highest BCUT2D eigenvalue weighted by Crippen LogP contribution is 2.15. The molecule has 1 unspecified atom stereocenters. The first kappa shape index (κ1) is 61.3. The molecule has 0 aromatic rings. The maximum Gasteiger partial charge on any atom is 0.306 e. The van der Waals surface area contributed by atoms with Gasteiger partial charge in [0.2, 0.25) is 0 Å². The summed E-state index contributed by atoms with van der Waals surface area (Å²) in [6.07, 6.45) is 70.6. The highest BCUT2D eigenvalue weighted by atomic mass is 16.6. The summed E-state index contributed by atoms with van der Waals surface area (Å²) in [4.78, 5) is 25.4. The Morgan fingerprint density at radius 3 is 1.19 bits per heavy atom. The second kappa shape index (κ2) is 54.7. The van der Waals surface area contributed by atoms with Gasteiger partial charge in [0.1, 0.15) is 6.61 Å². The SMILES string of the molecule is CC/C=C\C/C=C\C/C=C\C/C=C\CCCCCCCOCC(COC(=O)CCCCCCCCCCCCCCCCCCC)OC(=O)CCCCCCC/C=C\C/C=C\CCC. The van der Waals surface area contributed by atoms with E-state index >= 15 is 0 Å². The zero-order valence-corrected chi connectivity index (χ0v) is 42.5. The molecule has 0 N–H and O–H groups in total. The summed E-state index contributed by atoms with van der Waals surface area (Å²) in [5, 5.41) is 0. The molecule has 370 valence electrons. The molecule has 0 heterocycles. The quantitative estimate of drug-likeness (QED) is 0.0346. The maximum atomic E-state index is 12.8. The summed E-state index contributed by atoms with van der Waals surface area (Å²) in [6, 6.07) is 0. The molecule has 1 atom stereocenters. The number of ether oxygens (including phenoxy) is 3. The van der Waals surface area contributed by atoms with Gasteiger partial charge in [0, 0.05) is 19.4 Å². The van der Waals surface area contributed by atoms with E-state index in [-0.39, 0.29) is 25.2 Å². The van der Waals surface area contributed by atoms with Crippen molar-refractivity contribution in [3.63, 3.8) is 0 Å². The summed E-state index contributed by atoms with van der Waals surface area (Å²) in [5.74, 6) is -0.416. The van der Waals surface area contributed by atoms with Gasteiger partial charge in [-0.15, -0.1) is 0 Å². The number of hydrogen-bond acceptors (Lipinski definition) is 5. The number of hydrogen-bond donors (Lipinski definition) is 0. The molecule has 0 fully saturated rings. The van der Waals surface area contributed by atoms with Gasteiger partial charge in [-0.2, -0.15) is 0 Å². The average Bonchev–Trinajstić information content (AvgIpc) is 3.30. The van der Waals surface area contributed by atoms with Crippen LogP contribution in [0.3, 0.4) is 0 Å². The van der Waals surface area contributed by atoms with Crippen molar-refractivity contribution in [1.29, 1.82) is 0 Å². The molecule has 5 nitrogen and oxygen atoms in total. The molecule has 0 bridgehead atoms. The van der Waals surface area contributed by atoms with Crippen LogP contribution in [0.1, 0.15) is 265 Å². The number of unbranched alkanes of at least 4 members (excludes halogenated alkanes) is 27. The fourth-order valence-electron chi connectivity index (χ4n) is 7.66. The Labute approximate surface area is 397 Å². The van der Waals surface area contributed by atoms with E-state index in [1.165, 1.54) is 135 Å². The van der Waals surface area contributed by atoms with Crippen LogP contribution in [0.4, 0.5) is 0 Å². The van der Waals surface area contributed by atoms with E-state index in [1.54, 1.807) is 0 Å². The van der Waals surface area contributed by atoms with Crippen LogP contribution < -0.4 is 0 Å². The van der Waals surface area contributed by atoms with E-state index in [1.807, 2.05) is 0 Å². The monoisotopic (exact) mass is 893 g/mol. The van der Waals surface area contributed by atoms with Crippen molar-refractivity contribution in [2.45, 2.75) is 271 Å². The van der Waals surface area contributed by atoms with E-state index in [9.17, 15) is 9.59 Å². The summed E-state index contributed by atoms with van der Waals surface area (Å²) in [6.45, 7) is 7.62. The summed E-state index contributed by atoms with van der Waals surface area (Å²) >= 11 is 0. The van der Waals surface area contributed by atoms with Crippen molar-refractivity contribution >= 4 is 11.9 Å². The zero-order chi connectivity index (χ0) is 46.3. The lowest BCUT2D eigenvalue weighted by atomic mass is 10.0. The minimum absolute atomic E-state index is 0.0722. The van der Waals surface area contributed by atoms with Crippen molar-refractivity contribution < 1.29 is 23.8 Å². The Morgan fingerprint density at radius 1 is 0.359 bits per heavy atom. The van der Waals surface area contributed by atoms with E-state index in [0.29, 0.717) is 19.4 Å². The molecular weight excluding hydrogens is 789 g/mol. The van der Waals surface area contributed by atoms with Gasteiger partial charge < -0.3 is 14.2 Å². The molecule has 5 heteroatoms. The van der Waals surface area contributed by atoms with E-state index in [4.69, 9.17) is 14.2 Å². The Morgan fingerprint density at radius 2 is 0.734 bits per heavy atom. The number of allylic oxidation sites excluding steroid dienone is 12. The van der Waals surface area contributed by atoms with Crippen molar-refractivity contribution in [2.75, 3.05) is 19.8 Å². The van der Waals surface area contributed by atoms with Crippen molar-refractivity contribution in [3.05, 3.63) is 72.9 Å². The standard InChI is InChI=1S/C59H104O5/c1-4-7-10-13-16-19-22-25-27-29-31-33-36-39-42-45-48-51-54-62-55-57(64-59(61)53-50-47-44-41-38-34-24-21-18-15-12-9-6-3)56-63-58(60)52-49-46-43-40-37-35-32-30-28-26-23-20-17-14-11-8-5-2/h7,10,12,15-16,19,21,24-25,27,31,33,57H,4-6,8-9,11,13-14,17-18,20,22-23,26,28-30,32,34-56H2,1-3H3/b10-7-,15-12-,19-16-,24-21-,27-25-,33-31-. The summed E-state index contributed by atoms with van der Waals surface area (Å²) in [5.41, 5.74) is 0. The number of carbonyl (C=O) groups is 2. The van der Waals surface area contributed by atoms with Gasteiger partial charge in [0.05, 0.1) is 6.61 Å². The molecule has 0 rings (SSSR count). The highest BCUT2D eigenvalue weighted by Gasteiger charge is 2.17. The molecule has 0 radical (unpaired) electrons. The van der Waals surface area contributed by atoms with Gasteiger partial charge in [-0.3, -0.25) is 9.59 Å². The van der Waals surface area contributed by atoms with Crippen molar-refractivity contribution in [3.8, 4) is 0 Å². The number of carbonyl (C=O) groups excluding carboxylic acids is 2. The van der Waals surface area contributed by atoms with E-state index in [0.717, 1.165) is 96.3 Å². The smallest absolute Gasteiger partial charge is 0.306 e. The topological polar surface area (TPSA) is 61.8 Å². The molecular formula is C59H104O5. The molecule has 0 aliphatic carbocycles. The molecule has 0 aromatic heterocycles. The van der Waals surface area contributed by atoms with Gasteiger partial charge in [-0.25, -0.2) is 0 Å². The molecule has 0 spiro atoms. The highest BCUT2D eigenvalue weighted by molar-refractivity contribution is 5.70. The Kier molecular flexibility index (Phi) is 52.4. The minimum atomic E-state index is -0.554.